The van der Waals surface area contributed by atoms with Crippen molar-refractivity contribution in [1.82, 2.24) is 4.31 Å². The van der Waals surface area contributed by atoms with Crippen LogP contribution in [-0.4, -0.2) is 45.1 Å². The Morgan fingerprint density at radius 2 is 2.10 bits per heavy atom. The van der Waals surface area contributed by atoms with Gasteiger partial charge in [-0.25, -0.2) is 8.42 Å². The van der Waals surface area contributed by atoms with Crippen LogP contribution in [0.1, 0.15) is 26.7 Å². The topological polar surface area (TPSA) is 58.6 Å². The molecule has 118 valence electrons. The molecule has 0 aliphatic carbocycles. The van der Waals surface area contributed by atoms with E-state index < -0.39 is 10.0 Å². The normalized spacial score (nSPS) is 22.7. The first-order valence-corrected chi connectivity index (χ1v) is 8.85. The molecule has 1 aromatic carbocycles. The van der Waals surface area contributed by atoms with Gasteiger partial charge in [-0.1, -0.05) is 19.1 Å². The van der Waals surface area contributed by atoms with Crippen LogP contribution < -0.4 is 5.32 Å². The Morgan fingerprint density at radius 1 is 1.38 bits per heavy atom. The zero-order chi connectivity index (χ0) is 15.5. The highest BCUT2D eigenvalue weighted by Crippen LogP contribution is 2.28. The summed E-state index contributed by atoms with van der Waals surface area (Å²) in [6.07, 6.45) is 1.61. The maximum atomic E-state index is 12.9. The van der Waals surface area contributed by atoms with Gasteiger partial charge < -0.3 is 10.1 Å². The highest BCUT2D eigenvalue weighted by molar-refractivity contribution is 7.89. The number of benzene rings is 1. The number of sulfonamides is 1. The second-order valence-electron chi connectivity index (χ2n) is 5.38. The van der Waals surface area contributed by atoms with E-state index in [2.05, 4.69) is 5.32 Å². The predicted molar refractivity (Wildman–Crippen MR) is 84.0 cm³/mol. The monoisotopic (exact) mass is 312 g/mol. The lowest BCUT2D eigenvalue weighted by atomic mass is 10.2. The van der Waals surface area contributed by atoms with Crippen LogP contribution in [0.25, 0.3) is 0 Å². The fraction of sp³-hybridized carbons (Fsp3) is 0.600. The van der Waals surface area contributed by atoms with Gasteiger partial charge in [0, 0.05) is 20.2 Å². The minimum atomic E-state index is -3.53. The summed E-state index contributed by atoms with van der Waals surface area (Å²) in [4.78, 5) is 0.333. The number of hydrogen-bond acceptors (Lipinski definition) is 4. The molecule has 1 saturated heterocycles. The van der Waals surface area contributed by atoms with Crippen molar-refractivity contribution in [2.45, 2.75) is 43.7 Å². The minimum Gasteiger partial charge on any atom is -0.384 e. The van der Waals surface area contributed by atoms with Crippen molar-refractivity contribution < 1.29 is 13.2 Å². The Morgan fingerprint density at radius 3 is 2.71 bits per heavy atom. The molecule has 2 unspecified atom stereocenters. The number of ether oxygens (including phenoxy) is 1. The van der Waals surface area contributed by atoms with Gasteiger partial charge in [-0.2, -0.15) is 4.31 Å². The molecule has 2 atom stereocenters. The summed E-state index contributed by atoms with van der Waals surface area (Å²) >= 11 is 0. The smallest absolute Gasteiger partial charge is 0.245 e. The van der Waals surface area contributed by atoms with Crippen LogP contribution in [0.3, 0.4) is 0 Å². The van der Waals surface area contributed by atoms with E-state index in [-0.39, 0.29) is 12.1 Å². The lowest BCUT2D eigenvalue weighted by Gasteiger charge is -2.27. The zero-order valence-electron chi connectivity index (χ0n) is 12.9. The first kappa shape index (κ1) is 16.3. The molecule has 1 fully saturated rings. The molecule has 0 spiro atoms. The lowest BCUT2D eigenvalue weighted by molar-refractivity contribution is 0.102. The van der Waals surface area contributed by atoms with Gasteiger partial charge in [-0.3, -0.25) is 0 Å². The van der Waals surface area contributed by atoms with Crippen molar-refractivity contribution in [3.05, 3.63) is 24.3 Å². The number of nitrogens with one attached hydrogen (secondary N) is 1. The van der Waals surface area contributed by atoms with Crippen LogP contribution in [-0.2, 0) is 14.8 Å². The van der Waals surface area contributed by atoms with E-state index in [1.807, 2.05) is 26.0 Å². The molecule has 1 heterocycles. The number of anilines is 1. The van der Waals surface area contributed by atoms with Crippen molar-refractivity contribution in [3.63, 3.8) is 0 Å². The lowest BCUT2D eigenvalue weighted by Crippen LogP contribution is -2.41. The molecule has 0 saturated carbocycles. The number of rotatable bonds is 6. The van der Waals surface area contributed by atoms with Gasteiger partial charge in [0.25, 0.3) is 0 Å². The van der Waals surface area contributed by atoms with Crippen LogP contribution in [0, 0.1) is 0 Å². The number of nitrogens with zero attached hydrogens (tertiary/aromatic N) is 1. The molecule has 2 rings (SSSR count). The molecular formula is C15H24N2O3S. The summed E-state index contributed by atoms with van der Waals surface area (Å²) in [7, 11) is -1.88. The average Bonchev–Trinajstić information content (AvgIpc) is 2.90. The fourth-order valence-corrected chi connectivity index (χ4v) is 4.24. The number of para-hydroxylation sites is 1. The van der Waals surface area contributed by atoms with Gasteiger partial charge in [-0.05, 0) is 31.9 Å². The average molecular weight is 312 g/mol. The Bertz CT molecular complexity index is 574. The Hall–Kier alpha value is -1.11. The van der Waals surface area contributed by atoms with E-state index >= 15 is 0 Å². The second-order valence-corrected chi connectivity index (χ2v) is 7.34. The molecule has 0 bridgehead atoms. The number of likely N-dealkylation sites (N-methyl/N-ethyl adjacent to an activating group) is 1. The number of hydrogen-bond donors (Lipinski definition) is 1. The van der Waals surface area contributed by atoms with Crippen LogP contribution in [0.5, 0.6) is 0 Å². The van der Waals surface area contributed by atoms with Gasteiger partial charge in [0.1, 0.15) is 4.90 Å². The minimum absolute atomic E-state index is 0.0689. The maximum Gasteiger partial charge on any atom is 0.245 e. The second kappa shape index (κ2) is 6.77. The van der Waals surface area contributed by atoms with Crippen molar-refractivity contribution in [2.24, 2.45) is 0 Å². The molecule has 0 amide bonds. The third-order valence-corrected chi connectivity index (χ3v) is 5.85. The van der Waals surface area contributed by atoms with Gasteiger partial charge >= 0.3 is 0 Å². The quantitative estimate of drug-likeness (QED) is 0.876. The van der Waals surface area contributed by atoms with E-state index in [4.69, 9.17) is 4.74 Å². The fourth-order valence-electron chi connectivity index (χ4n) is 2.63. The van der Waals surface area contributed by atoms with E-state index in [1.165, 1.54) is 4.31 Å². The molecule has 1 N–H and O–H groups in total. The Balaban J connectivity index is 2.30. The largest absolute Gasteiger partial charge is 0.384 e. The van der Waals surface area contributed by atoms with E-state index in [0.29, 0.717) is 17.2 Å². The van der Waals surface area contributed by atoms with E-state index in [1.54, 1.807) is 19.2 Å². The summed E-state index contributed by atoms with van der Waals surface area (Å²) in [6, 6.07) is 6.97. The SMILES string of the molecule is CCCNc1ccccc1S(=O)(=O)N(C)C1CCOC1C. The molecular weight excluding hydrogens is 288 g/mol. The summed E-state index contributed by atoms with van der Waals surface area (Å²) < 4.78 is 32.7. The molecule has 0 radical (unpaired) electrons. The molecule has 1 aliphatic rings. The van der Waals surface area contributed by atoms with Gasteiger partial charge in [0.15, 0.2) is 0 Å². The van der Waals surface area contributed by atoms with Gasteiger partial charge in [0.05, 0.1) is 17.8 Å². The van der Waals surface area contributed by atoms with Crippen molar-refractivity contribution in [2.75, 3.05) is 25.5 Å². The molecule has 6 heteroatoms. The molecule has 5 nitrogen and oxygen atoms in total. The first-order valence-electron chi connectivity index (χ1n) is 7.41. The first-order chi connectivity index (χ1) is 9.98. The third kappa shape index (κ3) is 3.39. The molecule has 1 aromatic rings. The summed E-state index contributed by atoms with van der Waals surface area (Å²) in [6.45, 7) is 5.33. The maximum absolute atomic E-state index is 12.9. The van der Waals surface area contributed by atoms with Crippen LogP contribution in [0.2, 0.25) is 0 Å². The standard InChI is InChI=1S/C15H24N2O3S/c1-4-10-16-13-7-5-6-8-15(13)21(18,19)17(3)14-9-11-20-12(14)2/h5-8,12,14,16H,4,9-11H2,1-3H3. The molecule has 0 aromatic heterocycles. The summed E-state index contributed by atoms with van der Waals surface area (Å²) in [5, 5.41) is 3.19. The van der Waals surface area contributed by atoms with E-state index in [9.17, 15) is 8.42 Å². The highest BCUT2D eigenvalue weighted by Gasteiger charge is 2.36. The van der Waals surface area contributed by atoms with E-state index in [0.717, 1.165) is 19.4 Å². The Labute approximate surface area is 127 Å². The van der Waals surface area contributed by atoms with Crippen LogP contribution >= 0.6 is 0 Å². The van der Waals surface area contributed by atoms with Gasteiger partial charge in [-0.15, -0.1) is 0 Å². The molecule has 21 heavy (non-hydrogen) atoms. The predicted octanol–water partition coefficient (Wildman–Crippen LogP) is 2.31. The zero-order valence-corrected chi connectivity index (χ0v) is 13.7. The summed E-state index contributed by atoms with van der Waals surface area (Å²) in [5.41, 5.74) is 0.665. The highest BCUT2D eigenvalue weighted by atomic mass is 32.2. The molecule has 1 aliphatic heterocycles. The van der Waals surface area contributed by atoms with Gasteiger partial charge in [0.2, 0.25) is 10.0 Å². The van der Waals surface area contributed by atoms with Crippen molar-refractivity contribution in [1.29, 1.82) is 0 Å². The van der Waals surface area contributed by atoms with Crippen LogP contribution in [0.15, 0.2) is 29.2 Å². The summed E-state index contributed by atoms with van der Waals surface area (Å²) in [5.74, 6) is 0. The van der Waals surface area contributed by atoms with Crippen molar-refractivity contribution >= 4 is 15.7 Å². The Kier molecular flexibility index (Phi) is 5.24. The van der Waals surface area contributed by atoms with Crippen molar-refractivity contribution in [3.8, 4) is 0 Å². The van der Waals surface area contributed by atoms with Crippen LogP contribution in [0.4, 0.5) is 5.69 Å². The third-order valence-electron chi connectivity index (χ3n) is 3.91.